The summed E-state index contributed by atoms with van der Waals surface area (Å²) in [5.41, 5.74) is 3.51. The average Bonchev–Trinajstić information content (AvgIpc) is 2.51. The number of benzene rings is 1. The molecule has 2 rings (SSSR count). The first-order valence-corrected chi connectivity index (χ1v) is 7.64. The summed E-state index contributed by atoms with van der Waals surface area (Å²) >= 11 is 1.09. The molecule has 126 valence electrons. The van der Waals surface area contributed by atoms with Crippen molar-refractivity contribution in [2.45, 2.75) is 24.8 Å². The van der Waals surface area contributed by atoms with Gasteiger partial charge >= 0.3 is 6.18 Å². The minimum absolute atomic E-state index is 0.0261. The lowest BCUT2D eigenvalue weighted by Crippen LogP contribution is -2.31. The van der Waals surface area contributed by atoms with E-state index in [-0.39, 0.29) is 22.0 Å². The fourth-order valence-electron chi connectivity index (χ4n) is 2.02. The summed E-state index contributed by atoms with van der Waals surface area (Å²) in [4.78, 5) is 11.4. The molecule has 9 heteroatoms. The Morgan fingerprint density at radius 2 is 2.09 bits per heavy atom. The first-order valence-electron chi connectivity index (χ1n) is 6.76. The lowest BCUT2D eigenvalue weighted by Gasteiger charge is -2.21. The van der Waals surface area contributed by atoms with Gasteiger partial charge in [0.1, 0.15) is 0 Å². The van der Waals surface area contributed by atoms with E-state index in [0.29, 0.717) is 17.7 Å². The van der Waals surface area contributed by atoms with E-state index in [1.807, 2.05) is 6.92 Å². The molecular weight excluding hydrogens is 333 g/mol. The molecule has 23 heavy (non-hydrogen) atoms. The Bertz CT molecular complexity index is 620. The molecule has 5 nitrogen and oxygen atoms in total. The number of thioether (sulfide) groups is 1. The molecule has 1 amide bonds. The van der Waals surface area contributed by atoms with E-state index in [1.165, 1.54) is 19.2 Å². The number of methoxy groups -OCH3 is 1. The number of hydrazone groups is 1. The van der Waals surface area contributed by atoms with Crippen LogP contribution in [-0.4, -0.2) is 36.1 Å². The van der Waals surface area contributed by atoms with Crippen LogP contribution in [0.15, 0.2) is 23.3 Å². The van der Waals surface area contributed by atoms with E-state index < -0.39 is 12.8 Å². The third-order valence-electron chi connectivity index (χ3n) is 3.04. The number of nitrogens with one attached hydrogen (secondary N) is 1. The lowest BCUT2D eigenvalue weighted by molar-refractivity contribution is -0.153. The number of carbonyl (C=O) groups is 1. The molecule has 0 radical (unpaired) electrons. The summed E-state index contributed by atoms with van der Waals surface area (Å²) < 4.78 is 46.9. The van der Waals surface area contributed by atoms with Crippen molar-refractivity contribution in [1.82, 2.24) is 5.43 Å². The standard InChI is InChI=1S/C14H15F3N2O3S/c1-3-11-12(18-19-13(20)23-11)8-4-5-9(21-2)10(6-8)22-7-14(15,16)17/h4-6,11H,3,7H2,1-2H3,(H,19,20). The van der Waals surface area contributed by atoms with E-state index in [0.717, 1.165) is 11.8 Å². The van der Waals surface area contributed by atoms with Crippen molar-refractivity contribution in [3.8, 4) is 11.5 Å². The zero-order chi connectivity index (χ0) is 17.0. The van der Waals surface area contributed by atoms with Crippen molar-refractivity contribution < 1.29 is 27.4 Å². The second kappa shape index (κ2) is 7.12. The van der Waals surface area contributed by atoms with Crippen LogP contribution >= 0.6 is 11.8 Å². The molecule has 0 aromatic heterocycles. The molecule has 1 aromatic rings. The highest BCUT2D eigenvalue weighted by Gasteiger charge is 2.30. The molecule has 1 unspecified atom stereocenters. The van der Waals surface area contributed by atoms with Crippen molar-refractivity contribution in [1.29, 1.82) is 0 Å². The second-order valence-corrected chi connectivity index (χ2v) is 5.86. The zero-order valence-electron chi connectivity index (χ0n) is 12.4. The minimum Gasteiger partial charge on any atom is -0.493 e. The van der Waals surface area contributed by atoms with Gasteiger partial charge in [-0.15, -0.1) is 0 Å². The molecule has 1 aliphatic heterocycles. The monoisotopic (exact) mass is 348 g/mol. The van der Waals surface area contributed by atoms with Gasteiger partial charge in [0.05, 0.1) is 18.1 Å². The normalized spacial score (nSPS) is 18.2. The van der Waals surface area contributed by atoms with Crippen molar-refractivity contribution in [2.24, 2.45) is 5.10 Å². The molecule has 1 heterocycles. The number of hydrogen-bond donors (Lipinski definition) is 1. The van der Waals surface area contributed by atoms with E-state index in [9.17, 15) is 18.0 Å². The van der Waals surface area contributed by atoms with Crippen LogP contribution in [0.5, 0.6) is 11.5 Å². The summed E-state index contributed by atoms with van der Waals surface area (Å²) in [6.07, 6.45) is -3.79. The van der Waals surface area contributed by atoms with Gasteiger partial charge in [-0.1, -0.05) is 18.7 Å². The van der Waals surface area contributed by atoms with Crippen LogP contribution < -0.4 is 14.9 Å². The maximum atomic E-state index is 12.4. The van der Waals surface area contributed by atoms with Gasteiger partial charge in [0.2, 0.25) is 0 Å². The van der Waals surface area contributed by atoms with Crippen molar-refractivity contribution in [3.63, 3.8) is 0 Å². The number of alkyl halides is 3. The summed E-state index contributed by atoms with van der Waals surface area (Å²) in [5, 5.41) is 3.58. The molecule has 1 atom stereocenters. The number of ether oxygens (including phenoxy) is 2. The Hall–Kier alpha value is -1.90. The van der Waals surface area contributed by atoms with Crippen LogP contribution in [0.2, 0.25) is 0 Å². The van der Waals surface area contributed by atoms with Crippen LogP contribution in [0.1, 0.15) is 18.9 Å². The maximum Gasteiger partial charge on any atom is 0.422 e. The van der Waals surface area contributed by atoms with E-state index >= 15 is 0 Å². The molecule has 0 aliphatic carbocycles. The van der Waals surface area contributed by atoms with Gasteiger partial charge in [0.25, 0.3) is 5.24 Å². The van der Waals surface area contributed by atoms with Gasteiger partial charge in [0, 0.05) is 5.56 Å². The number of halogens is 3. The quantitative estimate of drug-likeness (QED) is 0.884. The van der Waals surface area contributed by atoms with Crippen LogP contribution in [0.25, 0.3) is 0 Å². The summed E-state index contributed by atoms with van der Waals surface area (Å²) in [6.45, 7) is 0.484. The van der Waals surface area contributed by atoms with Gasteiger partial charge in [0.15, 0.2) is 18.1 Å². The first-order chi connectivity index (χ1) is 10.8. The highest BCUT2D eigenvalue weighted by molar-refractivity contribution is 8.14. The molecular formula is C14H15F3N2O3S. The average molecular weight is 348 g/mol. The van der Waals surface area contributed by atoms with Crippen molar-refractivity contribution >= 4 is 22.7 Å². The van der Waals surface area contributed by atoms with Crippen molar-refractivity contribution in [3.05, 3.63) is 23.8 Å². The number of rotatable bonds is 5. The third kappa shape index (κ3) is 4.54. The Kier molecular flexibility index (Phi) is 5.40. The van der Waals surface area contributed by atoms with Gasteiger partial charge in [-0.3, -0.25) is 4.79 Å². The smallest absolute Gasteiger partial charge is 0.422 e. The SMILES string of the molecule is CCC1SC(=O)NN=C1c1ccc(OC)c(OCC(F)(F)F)c1. The fourth-order valence-corrected chi connectivity index (χ4v) is 2.85. The number of amides is 1. The Morgan fingerprint density at radius 1 is 1.35 bits per heavy atom. The molecule has 0 bridgehead atoms. The van der Waals surface area contributed by atoms with Crippen LogP contribution in [0.4, 0.5) is 18.0 Å². The molecule has 1 aliphatic rings. The van der Waals surface area contributed by atoms with Crippen LogP contribution in [0.3, 0.4) is 0 Å². The fraction of sp³-hybridized carbons (Fsp3) is 0.429. The summed E-state index contributed by atoms with van der Waals surface area (Å²) in [6, 6.07) is 4.61. The topological polar surface area (TPSA) is 59.9 Å². The second-order valence-electron chi connectivity index (χ2n) is 4.68. The Balaban J connectivity index is 2.31. The van der Waals surface area contributed by atoms with Gasteiger partial charge in [-0.25, -0.2) is 5.43 Å². The zero-order valence-corrected chi connectivity index (χ0v) is 13.3. The Morgan fingerprint density at radius 3 is 2.70 bits per heavy atom. The number of nitrogens with zero attached hydrogens (tertiary/aromatic N) is 1. The largest absolute Gasteiger partial charge is 0.493 e. The predicted octanol–water partition coefficient (Wildman–Crippen LogP) is 3.58. The van der Waals surface area contributed by atoms with Gasteiger partial charge in [-0.2, -0.15) is 18.3 Å². The minimum atomic E-state index is -4.45. The third-order valence-corrected chi connectivity index (χ3v) is 4.19. The molecule has 0 spiro atoms. The van der Waals surface area contributed by atoms with E-state index in [4.69, 9.17) is 9.47 Å². The summed E-state index contributed by atoms with van der Waals surface area (Å²) in [5.74, 6) is 0.168. The molecule has 0 saturated carbocycles. The predicted molar refractivity (Wildman–Crippen MR) is 81.3 cm³/mol. The van der Waals surface area contributed by atoms with Crippen LogP contribution in [-0.2, 0) is 0 Å². The molecule has 1 aromatic carbocycles. The highest BCUT2D eigenvalue weighted by atomic mass is 32.2. The van der Waals surface area contributed by atoms with E-state index in [1.54, 1.807) is 6.07 Å². The lowest BCUT2D eigenvalue weighted by atomic mass is 10.0. The maximum absolute atomic E-state index is 12.4. The van der Waals surface area contributed by atoms with Crippen LogP contribution in [0, 0.1) is 0 Å². The Labute approximate surface area is 135 Å². The van der Waals surface area contributed by atoms with Gasteiger partial charge in [-0.05, 0) is 24.6 Å². The highest BCUT2D eigenvalue weighted by Crippen LogP contribution is 2.32. The molecule has 0 saturated heterocycles. The summed E-state index contributed by atoms with van der Waals surface area (Å²) in [7, 11) is 1.35. The molecule has 1 N–H and O–H groups in total. The molecule has 0 fully saturated rings. The van der Waals surface area contributed by atoms with Gasteiger partial charge < -0.3 is 9.47 Å². The first kappa shape index (κ1) is 17.5. The number of hydrogen-bond acceptors (Lipinski definition) is 5. The van der Waals surface area contributed by atoms with Crippen molar-refractivity contribution in [2.75, 3.05) is 13.7 Å². The number of carbonyl (C=O) groups excluding carboxylic acids is 1. The van der Waals surface area contributed by atoms with E-state index in [2.05, 4.69) is 10.5 Å².